The fraction of sp³-hybridized carbons (Fsp3) is 0.346. The van der Waals surface area contributed by atoms with Crippen LogP contribution in [0.2, 0.25) is 0 Å². The van der Waals surface area contributed by atoms with Crippen molar-refractivity contribution in [3.8, 4) is 0 Å². The van der Waals surface area contributed by atoms with E-state index in [4.69, 9.17) is 9.47 Å². The first-order valence-electron chi connectivity index (χ1n) is 10.1. The van der Waals surface area contributed by atoms with E-state index in [1.165, 1.54) is 0 Å². The molecule has 0 heterocycles. The van der Waals surface area contributed by atoms with Crippen LogP contribution in [-0.2, 0) is 27.5 Å². The highest BCUT2D eigenvalue weighted by molar-refractivity contribution is 5.95. The van der Waals surface area contributed by atoms with Crippen LogP contribution in [0.1, 0.15) is 45.2 Å². The zero-order valence-corrected chi connectivity index (χ0v) is 17.8. The van der Waals surface area contributed by atoms with E-state index in [1.54, 1.807) is 6.92 Å². The van der Waals surface area contributed by atoms with E-state index in [2.05, 4.69) is 32.9 Å². The summed E-state index contributed by atoms with van der Waals surface area (Å²) in [4.78, 5) is 12.4. The van der Waals surface area contributed by atoms with Crippen LogP contribution in [-0.4, -0.2) is 11.9 Å². The van der Waals surface area contributed by atoms with E-state index in [9.17, 15) is 4.79 Å². The van der Waals surface area contributed by atoms with Gasteiger partial charge in [0, 0.05) is 12.0 Å². The smallest absolute Gasteiger partial charge is 0.158 e. The number of carbonyl (C=O) groups excluding carboxylic acids is 1. The van der Waals surface area contributed by atoms with Crippen molar-refractivity contribution in [3.05, 3.63) is 94.8 Å². The van der Waals surface area contributed by atoms with Crippen molar-refractivity contribution in [2.24, 2.45) is 5.41 Å². The molecule has 3 heteroatoms. The van der Waals surface area contributed by atoms with Gasteiger partial charge in [-0.05, 0) is 35.1 Å². The fourth-order valence-electron chi connectivity index (χ4n) is 3.48. The Kier molecular flexibility index (Phi) is 6.71. The number of hydrogen-bond acceptors (Lipinski definition) is 3. The maximum Gasteiger partial charge on any atom is 0.158 e. The summed E-state index contributed by atoms with van der Waals surface area (Å²) in [5.41, 5.74) is 3.87. The molecule has 1 unspecified atom stereocenters. The molecule has 0 spiro atoms. The Balaban J connectivity index is 1.84. The van der Waals surface area contributed by atoms with Crippen molar-refractivity contribution >= 4 is 5.78 Å². The number of benzene rings is 2. The first kappa shape index (κ1) is 21.1. The third-order valence-corrected chi connectivity index (χ3v) is 5.08. The van der Waals surface area contributed by atoms with Crippen LogP contribution in [0.4, 0.5) is 0 Å². The minimum atomic E-state index is -0.301. The summed E-state index contributed by atoms with van der Waals surface area (Å²) >= 11 is 0. The third kappa shape index (κ3) is 5.68. The van der Waals surface area contributed by atoms with E-state index in [-0.39, 0.29) is 17.3 Å². The van der Waals surface area contributed by atoms with Crippen LogP contribution < -0.4 is 0 Å². The molecule has 0 N–H and O–H groups in total. The van der Waals surface area contributed by atoms with E-state index in [1.807, 2.05) is 54.6 Å². The van der Waals surface area contributed by atoms with Crippen LogP contribution in [0.15, 0.2) is 83.6 Å². The molecule has 2 aromatic carbocycles. The number of Topliss-reactive ketones (excluding diaryl/α,β-unsaturated/α-hetero) is 1. The highest BCUT2D eigenvalue weighted by atomic mass is 16.5. The van der Waals surface area contributed by atoms with Crippen molar-refractivity contribution in [3.63, 3.8) is 0 Å². The van der Waals surface area contributed by atoms with Crippen LogP contribution in [0.25, 0.3) is 0 Å². The topological polar surface area (TPSA) is 35.5 Å². The molecule has 0 aromatic heterocycles. The largest absolute Gasteiger partial charge is 0.493 e. The van der Waals surface area contributed by atoms with Crippen molar-refractivity contribution < 1.29 is 14.3 Å². The van der Waals surface area contributed by atoms with Gasteiger partial charge in [0.05, 0.1) is 12.7 Å². The number of ketones is 1. The fourth-order valence-corrected chi connectivity index (χ4v) is 3.48. The predicted octanol–water partition coefficient (Wildman–Crippen LogP) is 6.01. The Labute approximate surface area is 174 Å². The monoisotopic (exact) mass is 390 g/mol. The minimum absolute atomic E-state index is 0.0481. The van der Waals surface area contributed by atoms with Gasteiger partial charge < -0.3 is 9.47 Å². The molecular formula is C26H30O3. The van der Waals surface area contributed by atoms with Crippen LogP contribution in [0, 0.1) is 5.41 Å². The molecule has 0 amide bonds. The van der Waals surface area contributed by atoms with Gasteiger partial charge in [0.2, 0.25) is 0 Å². The number of allylic oxidation sites excluding steroid dienone is 2. The molecular weight excluding hydrogens is 360 g/mol. The summed E-state index contributed by atoms with van der Waals surface area (Å²) in [6.07, 6.45) is 2.25. The molecule has 0 saturated carbocycles. The lowest BCUT2D eigenvalue weighted by atomic mass is 9.79. The summed E-state index contributed by atoms with van der Waals surface area (Å²) in [5, 5.41) is 0. The maximum atomic E-state index is 12.4. The molecule has 1 aliphatic carbocycles. The van der Waals surface area contributed by atoms with Crippen molar-refractivity contribution in [2.75, 3.05) is 0 Å². The first-order valence-corrected chi connectivity index (χ1v) is 10.1. The van der Waals surface area contributed by atoms with E-state index in [0.29, 0.717) is 19.6 Å². The molecule has 2 aromatic rings. The Morgan fingerprint density at radius 1 is 0.931 bits per heavy atom. The average Bonchev–Trinajstić information content (AvgIpc) is 2.71. The second-order valence-corrected chi connectivity index (χ2v) is 8.51. The molecule has 0 aliphatic heterocycles. The van der Waals surface area contributed by atoms with E-state index >= 15 is 0 Å². The molecule has 0 fully saturated rings. The Morgan fingerprint density at radius 3 is 2.00 bits per heavy atom. The van der Waals surface area contributed by atoms with Gasteiger partial charge in [0.1, 0.15) is 12.4 Å². The van der Waals surface area contributed by atoms with Crippen molar-refractivity contribution in [1.82, 2.24) is 0 Å². The van der Waals surface area contributed by atoms with Crippen molar-refractivity contribution in [1.29, 1.82) is 0 Å². The van der Waals surface area contributed by atoms with E-state index in [0.717, 1.165) is 28.0 Å². The second-order valence-electron chi connectivity index (χ2n) is 8.51. The van der Waals surface area contributed by atoms with Gasteiger partial charge in [0.25, 0.3) is 0 Å². The Hall–Kier alpha value is -2.65. The molecule has 3 rings (SSSR count). The molecule has 29 heavy (non-hydrogen) atoms. The number of carbonyl (C=O) groups is 1. The Morgan fingerprint density at radius 2 is 1.48 bits per heavy atom. The van der Waals surface area contributed by atoms with Gasteiger partial charge in [-0.25, -0.2) is 0 Å². The molecule has 152 valence electrons. The maximum absolute atomic E-state index is 12.4. The minimum Gasteiger partial charge on any atom is -0.493 e. The number of hydrogen-bond donors (Lipinski definition) is 0. The summed E-state index contributed by atoms with van der Waals surface area (Å²) in [5.74, 6) is 0.955. The third-order valence-electron chi connectivity index (χ3n) is 5.08. The van der Waals surface area contributed by atoms with Crippen LogP contribution in [0.3, 0.4) is 0 Å². The standard InChI is InChI=1S/C26H30O3/c1-19(27)22-15-23(26(2,3)4)25(29-18-21-13-9-6-10-14-21)16-24(22)28-17-20-11-7-5-8-12-20/h5-15,24H,16-18H2,1-4H3. The zero-order chi connectivity index (χ0) is 20.9. The highest BCUT2D eigenvalue weighted by Gasteiger charge is 2.32. The van der Waals surface area contributed by atoms with Crippen LogP contribution >= 0.6 is 0 Å². The molecule has 0 bridgehead atoms. The SMILES string of the molecule is CC(=O)C1=CC(C(C)(C)C)=C(OCc2ccccc2)CC1OCc1ccccc1. The van der Waals surface area contributed by atoms with Gasteiger partial charge >= 0.3 is 0 Å². The second kappa shape index (κ2) is 9.23. The summed E-state index contributed by atoms with van der Waals surface area (Å²) in [6.45, 7) is 9.02. The number of ether oxygens (including phenoxy) is 2. The lowest BCUT2D eigenvalue weighted by molar-refractivity contribution is -0.115. The van der Waals surface area contributed by atoms with Gasteiger partial charge in [0.15, 0.2) is 5.78 Å². The lowest BCUT2D eigenvalue weighted by Crippen LogP contribution is -2.28. The molecule has 1 atom stereocenters. The molecule has 0 radical (unpaired) electrons. The van der Waals surface area contributed by atoms with Gasteiger partial charge in [-0.2, -0.15) is 0 Å². The van der Waals surface area contributed by atoms with Gasteiger partial charge in [-0.3, -0.25) is 4.79 Å². The van der Waals surface area contributed by atoms with Gasteiger partial charge in [-0.15, -0.1) is 0 Å². The predicted molar refractivity (Wildman–Crippen MR) is 116 cm³/mol. The zero-order valence-electron chi connectivity index (χ0n) is 17.8. The van der Waals surface area contributed by atoms with Gasteiger partial charge in [-0.1, -0.05) is 81.4 Å². The summed E-state index contributed by atoms with van der Waals surface area (Å²) in [7, 11) is 0. The highest BCUT2D eigenvalue weighted by Crippen LogP contribution is 2.38. The normalized spacial score (nSPS) is 17.1. The quantitative estimate of drug-likeness (QED) is 0.581. The lowest BCUT2D eigenvalue weighted by Gasteiger charge is -2.32. The average molecular weight is 391 g/mol. The van der Waals surface area contributed by atoms with E-state index < -0.39 is 0 Å². The Bertz CT molecular complexity index is 887. The molecule has 0 saturated heterocycles. The number of rotatable bonds is 7. The molecule has 3 nitrogen and oxygen atoms in total. The summed E-state index contributed by atoms with van der Waals surface area (Å²) < 4.78 is 12.4. The van der Waals surface area contributed by atoms with Crippen molar-refractivity contribution in [2.45, 2.75) is 53.4 Å². The molecule has 1 aliphatic rings. The summed E-state index contributed by atoms with van der Waals surface area (Å²) in [6, 6.07) is 20.2. The first-order chi connectivity index (χ1) is 13.8. The van der Waals surface area contributed by atoms with Crippen LogP contribution in [0.5, 0.6) is 0 Å².